The number of morpholine rings is 1. The van der Waals surface area contributed by atoms with E-state index in [0.29, 0.717) is 34.4 Å². The summed E-state index contributed by atoms with van der Waals surface area (Å²) in [5, 5.41) is 1.27. The highest BCUT2D eigenvalue weighted by Crippen LogP contribution is 2.39. The van der Waals surface area contributed by atoms with Crippen molar-refractivity contribution in [3.8, 4) is 5.75 Å². The summed E-state index contributed by atoms with van der Waals surface area (Å²) in [7, 11) is 1.62. The Balaban J connectivity index is 0.00000324. The van der Waals surface area contributed by atoms with E-state index in [1.807, 2.05) is 23.1 Å². The summed E-state index contributed by atoms with van der Waals surface area (Å²) < 4.78 is 11.8. The molecule has 0 aliphatic carbocycles. The molecule has 2 heterocycles. The number of hydrogen-bond donors (Lipinski definition) is 0. The second kappa shape index (κ2) is 12.2. The second-order valence-corrected chi connectivity index (χ2v) is 9.76. The summed E-state index contributed by atoms with van der Waals surface area (Å²) in [5.74, 6) is 0.696. The first kappa shape index (κ1) is 26.7. The first-order valence-corrected chi connectivity index (χ1v) is 12.5. The Labute approximate surface area is 216 Å². The Kier molecular flexibility index (Phi) is 9.56. The van der Waals surface area contributed by atoms with Gasteiger partial charge in [-0.15, -0.1) is 12.4 Å². The van der Waals surface area contributed by atoms with E-state index in [-0.39, 0.29) is 18.3 Å². The molecule has 0 saturated carbocycles. The minimum absolute atomic E-state index is 0. The zero-order valence-corrected chi connectivity index (χ0v) is 22.2. The average Bonchev–Trinajstić information content (AvgIpc) is 3.26. The molecule has 2 aromatic carbocycles. The number of ether oxygens (including phenoxy) is 2. The van der Waals surface area contributed by atoms with Crippen molar-refractivity contribution in [2.45, 2.75) is 26.7 Å². The van der Waals surface area contributed by atoms with E-state index < -0.39 is 0 Å². The fourth-order valence-corrected chi connectivity index (χ4v) is 5.31. The number of amides is 1. The fourth-order valence-electron chi connectivity index (χ4n) is 4.01. The second-order valence-electron chi connectivity index (χ2n) is 8.37. The molecule has 1 amide bonds. The third kappa shape index (κ3) is 6.20. The van der Waals surface area contributed by atoms with Gasteiger partial charge in [0.05, 0.1) is 36.5 Å². The molecule has 0 N–H and O–H groups in total. The van der Waals surface area contributed by atoms with E-state index in [2.05, 4.69) is 30.9 Å². The van der Waals surface area contributed by atoms with Gasteiger partial charge in [-0.25, -0.2) is 4.98 Å². The van der Waals surface area contributed by atoms with Gasteiger partial charge in [0.1, 0.15) is 11.3 Å². The molecule has 3 aromatic rings. The molecule has 1 saturated heterocycles. The third-order valence-corrected chi connectivity index (χ3v) is 7.62. The van der Waals surface area contributed by atoms with Crippen LogP contribution < -0.4 is 9.64 Å². The molecule has 0 spiro atoms. The number of carbonyl (C=O) groups excluding carboxylic acids is 1. The van der Waals surface area contributed by atoms with Crippen LogP contribution in [0, 0.1) is 13.8 Å². The van der Waals surface area contributed by atoms with Gasteiger partial charge >= 0.3 is 0 Å². The minimum atomic E-state index is 0. The lowest BCUT2D eigenvalue weighted by Crippen LogP contribution is -2.39. The van der Waals surface area contributed by atoms with E-state index in [0.717, 1.165) is 49.5 Å². The Morgan fingerprint density at radius 2 is 1.97 bits per heavy atom. The zero-order valence-electron chi connectivity index (χ0n) is 19.8. The Morgan fingerprint density at radius 3 is 2.68 bits per heavy atom. The summed E-state index contributed by atoms with van der Waals surface area (Å²) >= 11 is 7.88. The van der Waals surface area contributed by atoms with Crippen LogP contribution in [0.1, 0.15) is 23.1 Å². The van der Waals surface area contributed by atoms with Crippen LogP contribution in [0.5, 0.6) is 5.75 Å². The molecule has 9 heteroatoms. The number of carbonyl (C=O) groups is 1. The SMILES string of the molecule is COc1ccc(Cl)c2sc(N(CCCN3CCOCC3)C(=O)Cc3ccc(C)c(C)c3)nc12.Cl. The predicted octanol–water partition coefficient (Wildman–Crippen LogP) is 5.29. The van der Waals surface area contributed by atoms with Crippen LogP contribution in [0.3, 0.4) is 0 Å². The van der Waals surface area contributed by atoms with E-state index in [1.165, 1.54) is 22.5 Å². The Hall–Kier alpha value is -1.90. The number of aryl methyl sites for hydroxylation is 2. The number of fused-ring (bicyclic) bond motifs is 1. The molecule has 0 atom stereocenters. The smallest absolute Gasteiger partial charge is 0.233 e. The lowest BCUT2D eigenvalue weighted by Gasteiger charge is -2.27. The lowest BCUT2D eigenvalue weighted by atomic mass is 10.0. The molecule has 1 fully saturated rings. The van der Waals surface area contributed by atoms with Crippen LogP contribution in [-0.4, -0.2) is 62.3 Å². The monoisotopic (exact) mass is 523 g/mol. The Morgan fingerprint density at radius 1 is 1.21 bits per heavy atom. The van der Waals surface area contributed by atoms with E-state index in [4.69, 9.17) is 26.1 Å². The molecule has 0 radical (unpaired) electrons. The van der Waals surface area contributed by atoms with Crippen LogP contribution in [0.15, 0.2) is 30.3 Å². The predicted molar refractivity (Wildman–Crippen MR) is 142 cm³/mol. The van der Waals surface area contributed by atoms with Gasteiger partial charge in [0.2, 0.25) is 5.91 Å². The quantitative estimate of drug-likeness (QED) is 0.401. The number of methoxy groups -OCH3 is 1. The summed E-state index contributed by atoms with van der Waals surface area (Å²) in [6, 6.07) is 9.82. The zero-order chi connectivity index (χ0) is 23.4. The van der Waals surface area contributed by atoms with E-state index in [1.54, 1.807) is 7.11 Å². The first-order valence-electron chi connectivity index (χ1n) is 11.3. The number of aromatic nitrogens is 1. The number of hydrogen-bond acceptors (Lipinski definition) is 6. The highest BCUT2D eigenvalue weighted by atomic mass is 35.5. The fraction of sp³-hybridized carbons (Fsp3) is 0.440. The molecule has 0 bridgehead atoms. The van der Waals surface area contributed by atoms with Crippen molar-refractivity contribution in [1.82, 2.24) is 9.88 Å². The first-order chi connectivity index (χ1) is 16.0. The van der Waals surface area contributed by atoms with Crippen molar-refractivity contribution in [3.05, 3.63) is 52.0 Å². The number of thiazole rings is 1. The van der Waals surface area contributed by atoms with Gasteiger partial charge in [0, 0.05) is 26.2 Å². The van der Waals surface area contributed by atoms with Crippen molar-refractivity contribution in [2.24, 2.45) is 0 Å². The molecule has 6 nitrogen and oxygen atoms in total. The molecule has 184 valence electrons. The van der Waals surface area contributed by atoms with Crippen LogP contribution in [0.4, 0.5) is 5.13 Å². The maximum Gasteiger partial charge on any atom is 0.233 e. The molecule has 1 aliphatic rings. The largest absolute Gasteiger partial charge is 0.494 e. The van der Waals surface area contributed by atoms with Crippen molar-refractivity contribution in [2.75, 3.05) is 51.4 Å². The molecule has 1 aliphatic heterocycles. The number of rotatable bonds is 8. The number of anilines is 1. The van der Waals surface area contributed by atoms with Gasteiger partial charge in [0.15, 0.2) is 5.13 Å². The number of nitrogens with zero attached hydrogens (tertiary/aromatic N) is 3. The number of benzene rings is 2. The van der Waals surface area contributed by atoms with Crippen LogP contribution in [0.2, 0.25) is 5.02 Å². The van der Waals surface area contributed by atoms with Gasteiger partial charge in [-0.2, -0.15) is 0 Å². The van der Waals surface area contributed by atoms with E-state index in [9.17, 15) is 4.79 Å². The molecule has 1 aromatic heterocycles. The summed E-state index contributed by atoms with van der Waals surface area (Å²) in [4.78, 5) is 22.5. The summed E-state index contributed by atoms with van der Waals surface area (Å²) in [6.45, 7) is 9.08. The van der Waals surface area contributed by atoms with Gasteiger partial charge in [0.25, 0.3) is 0 Å². The normalized spacial score (nSPS) is 14.1. The Bertz CT molecular complexity index is 1130. The highest BCUT2D eigenvalue weighted by molar-refractivity contribution is 7.23. The standard InChI is InChI=1S/C25H30ClN3O3S.ClH/c1-17-5-6-19(15-18(17)2)16-22(30)29(10-4-9-28-11-13-32-14-12-28)25-27-23-21(31-3)8-7-20(26)24(23)33-25;/h5-8,15H,4,9-14,16H2,1-3H3;1H. The van der Waals surface area contributed by atoms with Crippen molar-refractivity contribution in [3.63, 3.8) is 0 Å². The number of halogens is 2. The van der Waals surface area contributed by atoms with Crippen molar-refractivity contribution >= 4 is 56.6 Å². The van der Waals surface area contributed by atoms with Crippen molar-refractivity contribution < 1.29 is 14.3 Å². The summed E-state index contributed by atoms with van der Waals surface area (Å²) in [6.07, 6.45) is 1.19. The molecule has 4 rings (SSSR count). The van der Waals surface area contributed by atoms with Crippen LogP contribution in [-0.2, 0) is 16.0 Å². The maximum atomic E-state index is 13.5. The molecular formula is C25H31Cl2N3O3S. The third-order valence-electron chi connectivity index (χ3n) is 6.09. The molecular weight excluding hydrogens is 493 g/mol. The van der Waals surface area contributed by atoms with Gasteiger partial charge < -0.3 is 9.47 Å². The van der Waals surface area contributed by atoms with E-state index >= 15 is 0 Å². The summed E-state index contributed by atoms with van der Waals surface area (Å²) in [5.41, 5.74) is 4.12. The van der Waals surface area contributed by atoms with Crippen LogP contribution >= 0.6 is 35.3 Å². The minimum Gasteiger partial charge on any atom is -0.494 e. The molecule has 34 heavy (non-hydrogen) atoms. The maximum absolute atomic E-state index is 13.5. The highest BCUT2D eigenvalue weighted by Gasteiger charge is 2.23. The lowest BCUT2D eigenvalue weighted by molar-refractivity contribution is -0.118. The van der Waals surface area contributed by atoms with Gasteiger partial charge in [-0.05, 0) is 49.1 Å². The topological polar surface area (TPSA) is 54.9 Å². The van der Waals surface area contributed by atoms with Crippen molar-refractivity contribution in [1.29, 1.82) is 0 Å². The average molecular weight is 525 g/mol. The van der Waals surface area contributed by atoms with Crippen LogP contribution in [0.25, 0.3) is 10.2 Å². The molecule has 0 unspecified atom stereocenters. The van der Waals surface area contributed by atoms with Gasteiger partial charge in [-0.3, -0.25) is 14.6 Å². The van der Waals surface area contributed by atoms with Gasteiger partial charge in [-0.1, -0.05) is 41.1 Å².